The molecule has 0 spiro atoms. The van der Waals surface area contributed by atoms with E-state index < -0.39 is 0 Å². The van der Waals surface area contributed by atoms with Gasteiger partial charge in [-0.1, -0.05) is 11.6 Å². The molecule has 0 aliphatic heterocycles. The Labute approximate surface area is 90.7 Å². The fourth-order valence-corrected chi connectivity index (χ4v) is 3.01. The van der Waals surface area contributed by atoms with Crippen molar-refractivity contribution in [2.24, 2.45) is 0 Å². The summed E-state index contributed by atoms with van der Waals surface area (Å²) in [5.74, 6) is 0. The summed E-state index contributed by atoms with van der Waals surface area (Å²) in [5, 5.41) is 4.46. The van der Waals surface area contributed by atoms with Gasteiger partial charge in [0.2, 0.25) is 0 Å². The van der Waals surface area contributed by atoms with Crippen LogP contribution in [0.1, 0.15) is 0 Å². The topological polar surface area (TPSA) is 25.8 Å². The van der Waals surface area contributed by atoms with Crippen LogP contribution in [0.4, 0.5) is 0 Å². The zero-order chi connectivity index (χ0) is 8.55. The van der Waals surface area contributed by atoms with E-state index >= 15 is 0 Å². The van der Waals surface area contributed by atoms with E-state index in [1.54, 1.807) is 11.3 Å². The molecular formula is C6H2BrClN2S2. The van der Waals surface area contributed by atoms with Crippen molar-refractivity contribution in [2.45, 2.75) is 0 Å². The van der Waals surface area contributed by atoms with Gasteiger partial charge in [0.05, 0.1) is 11.7 Å². The number of halogens is 2. The minimum absolute atomic E-state index is 0.471. The SMILES string of the molecule is Clc1nsnc1-c1cscc1Br. The third-order valence-electron chi connectivity index (χ3n) is 1.32. The van der Waals surface area contributed by atoms with Crippen molar-refractivity contribution in [2.75, 3.05) is 0 Å². The average molecular weight is 282 g/mol. The van der Waals surface area contributed by atoms with Crippen LogP contribution in [0.2, 0.25) is 5.15 Å². The number of hydrogen-bond donors (Lipinski definition) is 0. The van der Waals surface area contributed by atoms with Crippen molar-refractivity contribution >= 4 is 50.6 Å². The molecule has 0 unspecified atom stereocenters. The first kappa shape index (κ1) is 8.62. The Hall–Kier alpha value is 0.0300. The largest absolute Gasteiger partial charge is 0.171 e. The molecule has 12 heavy (non-hydrogen) atoms. The van der Waals surface area contributed by atoms with Gasteiger partial charge in [-0.05, 0) is 15.9 Å². The minimum Gasteiger partial charge on any atom is -0.171 e. The number of nitrogens with zero attached hydrogens (tertiary/aromatic N) is 2. The molecule has 2 nitrogen and oxygen atoms in total. The highest BCUT2D eigenvalue weighted by atomic mass is 79.9. The number of hydrogen-bond acceptors (Lipinski definition) is 4. The highest BCUT2D eigenvalue weighted by molar-refractivity contribution is 9.10. The second-order valence-corrected chi connectivity index (χ2v) is 4.52. The van der Waals surface area contributed by atoms with Gasteiger partial charge >= 0.3 is 0 Å². The molecule has 0 atom stereocenters. The molecule has 0 bridgehead atoms. The maximum Gasteiger partial charge on any atom is 0.170 e. The van der Waals surface area contributed by atoms with E-state index in [0.29, 0.717) is 5.15 Å². The van der Waals surface area contributed by atoms with Gasteiger partial charge < -0.3 is 0 Å². The zero-order valence-corrected chi connectivity index (χ0v) is 9.60. The molecule has 2 heterocycles. The van der Waals surface area contributed by atoms with E-state index in [0.717, 1.165) is 27.5 Å². The lowest BCUT2D eigenvalue weighted by Gasteiger charge is -1.90. The van der Waals surface area contributed by atoms with Crippen LogP contribution in [0.5, 0.6) is 0 Å². The summed E-state index contributed by atoms with van der Waals surface area (Å²) in [7, 11) is 0. The molecule has 0 saturated carbocycles. The summed E-state index contributed by atoms with van der Waals surface area (Å²) in [4.78, 5) is 0. The summed E-state index contributed by atoms with van der Waals surface area (Å²) in [5.41, 5.74) is 1.77. The Morgan fingerprint density at radius 3 is 2.67 bits per heavy atom. The first-order valence-electron chi connectivity index (χ1n) is 2.99. The van der Waals surface area contributed by atoms with Gasteiger partial charge in [0.1, 0.15) is 5.69 Å². The van der Waals surface area contributed by atoms with Crippen molar-refractivity contribution < 1.29 is 0 Å². The van der Waals surface area contributed by atoms with Crippen molar-refractivity contribution in [1.29, 1.82) is 0 Å². The van der Waals surface area contributed by atoms with Crippen LogP contribution in [0, 0.1) is 0 Å². The van der Waals surface area contributed by atoms with E-state index in [4.69, 9.17) is 11.6 Å². The monoisotopic (exact) mass is 280 g/mol. The molecule has 2 aromatic rings. The molecule has 62 valence electrons. The maximum absolute atomic E-state index is 5.82. The van der Waals surface area contributed by atoms with Crippen LogP contribution >= 0.6 is 50.6 Å². The Morgan fingerprint density at radius 1 is 1.33 bits per heavy atom. The second-order valence-electron chi connectivity index (χ2n) is 2.04. The molecule has 0 amide bonds. The molecule has 2 aromatic heterocycles. The van der Waals surface area contributed by atoms with E-state index in [9.17, 15) is 0 Å². The quantitative estimate of drug-likeness (QED) is 0.797. The van der Waals surface area contributed by atoms with Crippen LogP contribution < -0.4 is 0 Å². The van der Waals surface area contributed by atoms with Crippen LogP contribution in [0.3, 0.4) is 0 Å². The average Bonchev–Trinajstić information content (AvgIpc) is 2.59. The molecule has 6 heteroatoms. The summed E-state index contributed by atoms with van der Waals surface area (Å²) >= 11 is 12.0. The van der Waals surface area contributed by atoms with Crippen LogP contribution in [-0.4, -0.2) is 8.75 Å². The molecule has 0 N–H and O–H groups in total. The third-order valence-corrected chi connectivity index (χ3v) is 3.91. The predicted molar refractivity (Wildman–Crippen MR) is 55.9 cm³/mol. The lowest BCUT2D eigenvalue weighted by atomic mass is 10.3. The fourth-order valence-electron chi connectivity index (χ4n) is 0.789. The van der Waals surface area contributed by atoms with Gasteiger partial charge in [0.25, 0.3) is 0 Å². The molecule has 0 aliphatic carbocycles. The summed E-state index contributed by atoms with van der Waals surface area (Å²) < 4.78 is 9.00. The lowest BCUT2D eigenvalue weighted by molar-refractivity contribution is 1.51. The summed E-state index contributed by atoms with van der Waals surface area (Å²) in [6, 6.07) is 0. The third kappa shape index (κ3) is 1.42. The highest BCUT2D eigenvalue weighted by Gasteiger charge is 2.11. The first-order valence-corrected chi connectivity index (χ1v) is 5.83. The maximum atomic E-state index is 5.82. The van der Waals surface area contributed by atoms with Crippen molar-refractivity contribution in [1.82, 2.24) is 8.75 Å². The normalized spacial score (nSPS) is 10.5. The van der Waals surface area contributed by atoms with Gasteiger partial charge in [0.15, 0.2) is 5.15 Å². The van der Waals surface area contributed by atoms with Crippen molar-refractivity contribution in [3.05, 3.63) is 20.4 Å². The number of rotatable bonds is 1. The smallest absolute Gasteiger partial charge is 0.170 e. The van der Waals surface area contributed by atoms with Gasteiger partial charge in [0, 0.05) is 20.8 Å². The molecule has 0 aliphatic rings. The molecule has 0 aromatic carbocycles. The molecule has 0 radical (unpaired) electrons. The van der Waals surface area contributed by atoms with Crippen molar-refractivity contribution in [3.8, 4) is 11.3 Å². The molecule has 2 rings (SSSR count). The standard InChI is InChI=1S/C6H2BrClN2S2/c7-4-2-11-1-3(4)5-6(8)10-12-9-5/h1-2H. The zero-order valence-electron chi connectivity index (χ0n) is 5.62. The van der Waals surface area contributed by atoms with E-state index in [1.807, 2.05) is 10.8 Å². The van der Waals surface area contributed by atoms with Crippen LogP contribution in [-0.2, 0) is 0 Å². The number of thiophene rings is 1. The van der Waals surface area contributed by atoms with Crippen LogP contribution in [0.15, 0.2) is 15.2 Å². The molecule has 0 saturated heterocycles. The lowest BCUT2D eigenvalue weighted by Crippen LogP contribution is -1.74. The first-order chi connectivity index (χ1) is 5.79. The van der Waals surface area contributed by atoms with Crippen LogP contribution in [0.25, 0.3) is 11.3 Å². The summed E-state index contributed by atoms with van der Waals surface area (Å²) in [6.45, 7) is 0. The highest BCUT2D eigenvalue weighted by Crippen LogP contribution is 2.34. The van der Waals surface area contributed by atoms with Gasteiger partial charge in [-0.3, -0.25) is 0 Å². The van der Waals surface area contributed by atoms with Gasteiger partial charge in [-0.2, -0.15) is 20.1 Å². The number of aromatic nitrogens is 2. The predicted octanol–water partition coefficient (Wildman–Crippen LogP) is 3.68. The summed E-state index contributed by atoms with van der Waals surface area (Å²) in [6.07, 6.45) is 0. The van der Waals surface area contributed by atoms with Gasteiger partial charge in [-0.15, -0.1) is 0 Å². The Balaban J connectivity index is 2.57. The van der Waals surface area contributed by atoms with E-state index in [-0.39, 0.29) is 0 Å². The molecular weight excluding hydrogens is 280 g/mol. The van der Waals surface area contributed by atoms with Gasteiger partial charge in [-0.25, -0.2) is 0 Å². The fraction of sp³-hybridized carbons (Fsp3) is 0. The van der Waals surface area contributed by atoms with E-state index in [2.05, 4.69) is 24.7 Å². The van der Waals surface area contributed by atoms with E-state index in [1.165, 1.54) is 0 Å². The molecule has 0 fully saturated rings. The Kier molecular flexibility index (Phi) is 2.45. The second kappa shape index (κ2) is 3.41. The Bertz CT molecular complexity index is 359. The van der Waals surface area contributed by atoms with Crippen molar-refractivity contribution in [3.63, 3.8) is 0 Å². The Morgan fingerprint density at radius 2 is 2.17 bits per heavy atom. The minimum atomic E-state index is 0.471.